The smallest absolute Gasteiger partial charge is 0.213 e. The van der Waals surface area contributed by atoms with Gasteiger partial charge in [-0.05, 0) is 60.5 Å². The number of benzene rings is 2. The lowest BCUT2D eigenvalue weighted by Gasteiger charge is -2.20. The molecular weight excluding hydrogens is 366 g/mol. The summed E-state index contributed by atoms with van der Waals surface area (Å²) in [6, 6.07) is 14.0. The fourth-order valence-corrected chi connectivity index (χ4v) is 4.53. The lowest BCUT2D eigenvalue weighted by Crippen LogP contribution is -2.32. The third-order valence-corrected chi connectivity index (χ3v) is 5.74. The summed E-state index contributed by atoms with van der Waals surface area (Å²) < 4.78 is 46.3. The molecule has 0 radical (unpaired) electrons. The second-order valence-corrected chi connectivity index (χ2v) is 9.26. The molecule has 0 N–H and O–H groups in total. The summed E-state index contributed by atoms with van der Waals surface area (Å²) in [5, 5.41) is 0. The number of aryl methyl sites for hydroxylation is 3. The van der Waals surface area contributed by atoms with E-state index in [0.29, 0.717) is 6.42 Å². The quantitative estimate of drug-likeness (QED) is 0.352. The van der Waals surface area contributed by atoms with Crippen LogP contribution in [-0.2, 0) is 19.8 Å². The zero-order valence-corrected chi connectivity index (χ0v) is 18.2. The van der Waals surface area contributed by atoms with Gasteiger partial charge in [-0.25, -0.2) is 9.55 Å². The van der Waals surface area contributed by atoms with Crippen LogP contribution in [0.2, 0.25) is 0 Å². The first kappa shape index (κ1) is 14.1. The maximum absolute atomic E-state index is 8.94. The van der Waals surface area contributed by atoms with Crippen LogP contribution in [0.25, 0.3) is 28.0 Å². The van der Waals surface area contributed by atoms with E-state index in [1.54, 1.807) is 33.0 Å². The summed E-state index contributed by atoms with van der Waals surface area (Å²) in [5.41, 5.74) is 6.54. The van der Waals surface area contributed by atoms with Crippen LogP contribution >= 0.6 is 0 Å². The number of aromatic nitrogens is 3. The molecule has 3 nitrogen and oxygen atoms in total. The number of pyridine rings is 1. The Labute approximate surface area is 186 Å². The molecule has 2 aromatic carbocycles. The number of fused-ring (bicyclic) bond motifs is 5. The summed E-state index contributed by atoms with van der Waals surface area (Å²) in [5.74, 6) is 0.972. The monoisotopic (exact) mass is 401 g/mol. The van der Waals surface area contributed by atoms with E-state index in [4.69, 9.17) is 11.8 Å². The number of hydrogen-bond acceptors (Lipinski definition) is 1. The predicted octanol–water partition coefficient (Wildman–Crippen LogP) is 5.63. The molecule has 30 heavy (non-hydrogen) atoms. The average Bonchev–Trinajstić information content (AvgIpc) is 3.28. The third kappa shape index (κ3) is 2.96. The lowest BCUT2D eigenvalue weighted by molar-refractivity contribution is -0.660. The van der Waals surface area contributed by atoms with Gasteiger partial charge in [0.1, 0.15) is 12.9 Å². The van der Waals surface area contributed by atoms with Crippen molar-refractivity contribution < 1.29 is 11.4 Å². The van der Waals surface area contributed by atoms with Gasteiger partial charge in [0.05, 0.1) is 22.3 Å². The number of nitrogens with zero attached hydrogens (tertiary/aromatic N) is 3. The van der Waals surface area contributed by atoms with E-state index in [-0.39, 0.29) is 11.1 Å². The Bertz CT molecular complexity index is 1490. The summed E-state index contributed by atoms with van der Waals surface area (Å²) in [4.78, 5) is 4.85. The SMILES string of the molecule is [2H]C([2H])([2H])c1c[n+](C)c(-c2c(C)ccc3c2Cc2nc4ccccc4n2-3)cc1C([2H])([2H])C(C)(C)C. The first-order chi connectivity index (χ1) is 16.2. The van der Waals surface area contributed by atoms with Gasteiger partial charge in [0, 0.05) is 24.9 Å². The average molecular weight is 402 g/mol. The van der Waals surface area contributed by atoms with Crippen molar-refractivity contribution in [2.24, 2.45) is 12.5 Å². The van der Waals surface area contributed by atoms with Crippen LogP contribution in [0.4, 0.5) is 0 Å². The fraction of sp³-hybridized carbons (Fsp3) is 0.333. The Morgan fingerprint density at radius 1 is 1.17 bits per heavy atom. The van der Waals surface area contributed by atoms with E-state index in [1.165, 1.54) is 0 Å². The predicted molar refractivity (Wildman–Crippen MR) is 123 cm³/mol. The van der Waals surface area contributed by atoms with E-state index in [0.717, 1.165) is 44.9 Å². The molecule has 4 aromatic rings. The first-order valence-electron chi connectivity index (χ1n) is 12.9. The maximum atomic E-state index is 8.94. The van der Waals surface area contributed by atoms with Gasteiger partial charge in [0.25, 0.3) is 0 Å². The topological polar surface area (TPSA) is 21.7 Å². The van der Waals surface area contributed by atoms with Gasteiger partial charge >= 0.3 is 0 Å². The summed E-state index contributed by atoms with van der Waals surface area (Å²) in [7, 11) is 1.84. The molecule has 0 aliphatic carbocycles. The van der Waals surface area contributed by atoms with Crippen molar-refractivity contribution >= 4 is 11.0 Å². The largest absolute Gasteiger partial charge is 0.296 e. The van der Waals surface area contributed by atoms with Gasteiger partial charge < -0.3 is 0 Å². The Kier molecular flexibility index (Phi) is 3.08. The van der Waals surface area contributed by atoms with E-state index in [1.807, 2.05) is 36.7 Å². The zero-order valence-electron chi connectivity index (χ0n) is 23.2. The molecule has 3 heterocycles. The summed E-state index contributed by atoms with van der Waals surface area (Å²) >= 11 is 0. The van der Waals surface area contributed by atoms with Crippen molar-refractivity contribution in [2.75, 3.05) is 0 Å². The second-order valence-electron chi connectivity index (χ2n) is 9.26. The van der Waals surface area contributed by atoms with Gasteiger partial charge in [-0.1, -0.05) is 39.0 Å². The molecular formula is C27H30N3+. The molecule has 0 fully saturated rings. The molecule has 0 bridgehead atoms. The Morgan fingerprint density at radius 3 is 2.73 bits per heavy atom. The normalized spacial score (nSPS) is 16.4. The molecule has 0 amide bonds. The molecule has 0 saturated carbocycles. The van der Waals surface area contributed by atoms with Crippen molar-refractivity contribution in [1.29, 1.82) is 0 Å². The minimum atomic E-state index is -2.43. The van der Waals surface area contributed by atoms with Crippen LogP contribution in [0, 0.1) is 19.2 Å². The molecule has 5 rings (SSSR count). The van der Waals surface area contributed by atoms with Crippen molar-refractivity contribution in [3.8, 4) is 16.9 Å². The van der Waals surface area contributed by atoms with Gasteiger partial charge in [-0.2, -0.15) is 0 Å². The minimum absolute atomic E-state index is 0.0489. The molecule has 1 aliphatic heterocycles. The number of para-hydroxylation sites is 2. The standard InChI is InChI=1S/C27H30N3/c1-17-11-12-22-20(14-25-28-21-9-7-8-10-23(21)30(22)25)26(17)24-13-19(15-27(3,4)5)18(2)16-29(24)6/h7-13,16H,14-15H2,1-6H3/q+1/i2D3,15D2. The van der Waals surface area contributed by atoms with Crippen LogP contribution in [0.3, 0.4) is 0 Å². The highest BCUT2D eigenvalue weighted by atomic mass is 15.1. The zero-order chi connectivity index (χ0) is 25.5. The highest BCUT2D eigenvalue weighted by molar-refractivity contribution is 5.83. The molecule has 152 valence electrons. The van der Waals surface area contributed by atoms with Crippen molar-refractivity contribution in [2.45, 2.75) is 47.3 Å². The third-order valence-electron chi connectivity index (χ3n) is 5.74. The minimum Gasteiger partial charge on any atom is -0.296 e. The van der Waals surface area contributed by atoms with E-state index >= 15 is 0 Å². The fourth-order valence-electron chi connectivity index (χ4n) is 4.53. The van der Waals surface area contributed by atoms with Crippen LogP contribution in [0.15, 0.2) is 48.7 Å². The molecule has 2 aromatic heterocycles. The molecule has 0 saturated heterocycles. The van der Waals surface area contributed by atoms with Crippen LogP contribution < -0.4 is 4.57 Å². The first-order valence-corrected chi connectivity index (χ1v) is 10.4. The van der Waals surface area contributed by atoms with Crippen LogP contribution in [0.5, 0.6) is 0 Å². The molecule has 0 atom stereocenters. The number of rotatable bonds is 2. The van der Waals surface area contributed by atoms with Crippen molar-refractivity contribution in [3.63, 3.8) is 0 Å². The van der Waals surface area contributed by atoms with Crippen LogP contribution in [0.1, 0.15) is 55.7 Å². The van der Waals surface area contributed by atoms with Gasteiger partial charge in [0.15, 0.2) is 6.20 Å². The lowest BCUT2D eigenvalue weighted by atomic mass is 9.85. The van der Waals surface area contributed by atoms with Gasteiger partial charge in [-0.3, -0.25) is 4.57 Å². The molecule has 1 aliphatic rings. The highest BCUT2D eigenvalue weighted by Gasteiger charge is 2.29. The summed E-state index contributed by atoms with van der Waals surface area (Å²) in [6.07, 6.45) is 0.390. The Hall–Kier alpha value is -2.94. The Morgan fingerprint density at radius 2 is 1.97 bits per heavy atom. The molecule has 3 heteroatoms. The maximum Gasteiger partial charge on any atom is 0.213 e. The van der Waals surface area contributed by atoms with Crippen molar-refractivity contribution in [3.05, 3.63) is 76.7 Å². The van der Waals surface area contributed by atoms with E-state index in [9.17, 15) is 0 Å². The van der Waals surface area contributed by atoms with Gasteiger partial charge in [-0.15, -0.1) is 0 Å². The van der Waals surface area contributed by atoms with Crippen LogP contribution in [-0.4, -0.2) is 9.55 Å². The number of hydrogen-bond donors (Lipinski definition) is 0. The summed E-state index contributed by atoms with van der Waals surface area (Å²) in [6.45, 7) is 5.03. The molecule has 0 spiro atoms. The van der Waals surface area contributed by atoms with E-state index < -0.39 is 18.6 Å². The second kappa shape index (κ2) is 6.53. The van der Waals surface area contributed by atoms with Crippen molar-refractivity contribution in [1.82, 2.24) is 9.55 Å². The Balaban J connectivity index is 1.79. The molecule has 0 unspecified atom stereocenters. The highest BCUT2D eigenvalue weighted by Crippen LogP contribution is 2.39. The van der Waals surface area contributed by atoms with Gasteiger partial charge in [0.2, 0.25) is 5.69 Å². The van der Waals surface area contributed by atoms with E-state index in [2.05, 4.69) is 22.8 Å². The number of imidazole rings is 1.